The van der Waals surface area contributed by atoms with Crippen molar-refractivity contribution in [1.82, 2.24) is 15.4 Å². The number of nitro groups is 2. The van der Waals surface area contributed by atoms with Gasteiger partial charge in [-0.25, -0.2) is 9.97 Å². The molecule has 14 heteroatoms. The lowest BCUT2D eigenvalue weighted by molar-refractivity contribution is -0.384. The van der Waals surface area contributed by atoms with E-state index in [0.29, 0.717) is 10.7 Å². The topological polar surface area (TPSA) is 165 Å². The van der Waals surface area contributed by atoms with Crippen LogP contribution in [0.15, 0.2) is 48.8 Å². The highest BCUT2D eigenvalue weighted by atomic mass is 35.5. The molecule has 0 aliphatic rings. The first-order valence-corrected chi connectivity index (χ1v) is 9.04. The highest BCUT2D eigenvalue weighted by molar-refractivity contribution is 6.32. The summed E-state index contributed by atoms with van der Waals surface area (Å²) < 4.78 is 0. The predicted octanol–water partition coefficient (Wildman–Crippen LogP) is 4.10. The molecule has 31 heavy (non-hydrogen) atoms. The summed E-state index contributed by atoms with van der Waals surface area (Å²) in [7, 11) is 0. The largest absolute Gasteiger partial charge is 0.355 e. The quantitative estimate of drug-likeness (QED) is 0.345. The van der Waals surface area contributed by atoms with E-state index in [9.17, 15) is 25.0 Å². The fraction of sp³-hybridized carbons (Fsp3) is 0. The highest BCUT2D eigenvalue weighted by Gasteiger charge is 2.24. The van der Waals surface area contributed by atoms with Crippen molar-refractivity contribution in [2.45, 2.75) is 0 Å². The van der Waals surface area contributed by atoms with Crippen LogP contribution in [0, 0.1) is 20.2 Å². The summed E-state index contributed by atoms with van der Waals surface area (Å²) in [5, 5.41) is 25.6. The molecule has 3 rings (SSSR count). The predicted molar refractivity (Wildman–Crippen MR) is 113 cm³/mol. The number of amides is 1. The Morgan fingerprint density at radius 2 is 1.71 bits per heavy atom. The van der Waals surface area contributed by atoms with Crippen molar-refractivity contribution >= 4 is 57.8 Å². The summed E-state index contributed by atoms with van der Waals surface area (Å²) in [5.74, 6) is -1.28. The Labute approximate surface area is 183 Å². The van der Waals surface area contributed by atoms with Crippen LogP contribution in [0.4, 0.5) is 28.7 Å². The molecule has 1 heterocycles. The molecule has 0 aliphatic heterocycles. The number of halogens is 2. The van der Waals surface area contributed by atoms with E-state index in [2.05, 4.69) is 26.1 Å². The standard InChI is InChI=1S/C17H11Cl2N7O5/c18-10-2-1-3-11(7-10)22-15-14(26(30)31)16(21-8-20-15)23-24-17(27)9-4-5-12(19)13(6-9)25(28)29/h1-8H,(H,24,27)(H2,20,21,22,23). The van der Waals surface area contributed by atoms with Crippen LogP contribution < -0.4 is 16.2 Å². The van der Waals surface area contributed by atoms with Gasteiger partial charge in [0.1, 0.15) is 11.3 Å². The van der Waals surface area contributed by atoms with Crippen LogP contribution in [0.25, 0.3) is 0 Å². The number of nitrogens with one attached hydrogen (secondary N) is 3. The molecular formula is C17H11Cl2N7O5. The van der Waals surface area contributed by atoms with Crippen molar-refractivity contribution in [2.75, 3.05) is 10.7 Å². The van der Waals surface area contributed by atoms with Crippen molar-refractivity contribution in [2.24, 2.45) is 0 Å². The molecule has 0 radical (unpaired) electrons. The lowest BCUT2D eigenvalue weighted by Gasteiger charge is -2.11. The smallest absolute Gasteiger partial charge is 0.334 e. The van der Waals surface area contributed by atoms with Gasteiger partial charge in [0.2, 0.25) is 11.6 Å². The first-order valence-electron chi connectivity index (χ1n) is 8.28. The molecule has 0 saturated carbocycles. The number of hydrazine groups is 1. The zero-order valence-corrected chi connectivity index (χ0v) is 16.7. The minimum atomic E-state index is -0.808. The molecule has 3 aromatic rings. The van der Waals surface area contributed by atoms with E-state index in [0.717, 1.165) is 12.4 Å². The van der Waals surface area contributed by atoms with Gasteiger partial charge in [0.05, 0.1) is 9.85 Å². The van der Waals surface area contributed by atoms with E-state index in [1.807, 2.05) is 0 Å². The second-order valence-corrected chi connectivity index (χ2v) is 6.66. The van der Waals surface area contributed by atoms with Crippen LogP contribution in [-0.4, -0.2) is 25.7 Å². The fourth-order valence-corrected chi connectivity index (χ4v) is 2.80. The van der Waals surface area contributed by atoms with E-state index < -0.39 is 27.1 Å². The van der Waals surface area contributed by atoms with Crippen LogP contribution in [0.1, 0.15) is 10.4 Å². The Kier molecular flexibility index (Phi) is 6.43. The summed E-state index contributed by atoms with van der Waals surface area (Å²) in [6.45, 7) is 0. The van der Waals surface area contributed by atoms with E-state index >= 15 is 0 Å². The molecule has 0 aliphatic carbocycles. The Morgan fingerprint density at radius 3 is 2.39 bits per heavy atom. The van der Waals surface area contributed by atoms with E-state index in [-0.39, 0.29) is 22.2 Å². The van der Waals surface area contributed by atoms with Gasteiger partial charge in [-0.2, -0.15) is 0 Å². The lowest BCUT2D eigenvalue weighted by atomic mass is 10.2. The van der Waals surface area contributed by atoms with Gasteiger partial charge in [-0.15, -0.1) is 0 Å². The first-order chi connectivity index (χ1) is 14.8. The third-order valence-corrected chi connectivity index (χ3v) is 4.35. The average Bonchev–Trinajstić information content (AvgIpc) is 2.72. The van der Waals surface area contributed by atoms with Crippen LogP contribution in [0.3, 0.4) is 0 Å². The monoisotopic (exact) mass is 463 g/mol. The summed E-state index contributed by atoms with van der Waals surface area (Å²) >= 11 is 11.6. The Balaban J connectivity index is 1.83. The van der Waals surface area contributed by atoms with Crippen molar-refractivity contribution < 1.29 is 14.6 Å². The number of nitro benzene ring substituents is 1. The summed E-state index contributed by atoms with van der Waals surface area (Å²) in [6, 6.07) is 9.85. The molecule has 0 fully saturated rings. The van der Waals surface area contributed by atoms with Crippen LogP contribution in [0.5, 0.6) is 0 Å². The Bertz CT molecular complexity index is 1190. The van der Waals surface area contributed by atoms with Crippen molar-refractivity contribution in [3.63, 3.8) is 0 Å². The zero-order valence-electron chi connectivity index (χ0n) is 15.2. The van der Waals surface area contributed by atoms with Gasteiger partial charge in [-0.3, -0.25) is 35.9 Å². The second kappa shape index (κ2) is 9.19. The molecule has 0 spiro atoms. The fourth-order valence-electron chi connectivity index (χ4n) is 2.42. The molecule has 1 amide bonds. The molecule has 0 saturated heterocycles. The number of anilines is 3. The number of rotatable bonds is 7. The molecule has 3 N–H and O–H groups in total. The van der Waals surface area contributed by atoms with Crippen LogP contribution in [0.2, 0.25) is 10.0 Å². The lowest BCUT2D eigenvalue weighted by Crippen LogP contribution is -2.30. The minimum Gasteiger partial charge on any atom is -0.334 e. The third kappa shape index (κ3) is 5.12. The molecule has 0 bridgehead atoms. The van der Waals surface area contributed by atoms with Gasteiger partial charge >= 0.3 is 5.69 Å². The average molecular weight is 464 g/mol. The molecule has 12 nitrogen and oxygen atoms in total. The van der Waals surface area contributed by atoms with Gasteiger partial charge in [0, 0.05) is 22.3 Å². The molecule has 1 aromatic heterocycles. The number of benzene rings is 2. The normalized spacial score (nSPS) is 10.3. The summed E-state index contributed by atoms with van der Waals surface area (Å²) in [6.07, 6.45) is 1.04. The molecule has 0 unspecified atom stereocenters. The molecule has 0 atom stereocenters. The summed E-state index contributed by atoms with van der Waals surface area (Å²) in [5.41, 5.74) is 3.86. The van der Waals surface area contributed by atoms with Gasteiger partial charge in [-0.1, -0.05) is 29.3 Å². The number of aromatic nitrogens is 2. The number of hydrogen-bond acceptors (Lipinski definition) is 9. The van der Waals surface area contributed by atoms with Crippen molar-refractivity contribution in [3.05, 3.63) is 84.6 Å². The van der Waals surface area contributed by atoms with E-state index in [1.165, 1.54) is 18.2 Å². The van der Waals surface area contributed by atoms with E-state index in [4.69, 9.17) is 23.2 Å². The highest BCUT2D eigenvalue weighted by Crippen LogP contribution is 2.31. The Hall–Kier alpha value is -4.03. The van der Waals surface area contributed by atoms with Crippen LogP contribution in [-0.2, 0) is 0 Å². The van der Waals surface area contributed by atoms with E-state index in [1.54, 1.807) is 18.2 Å². The second-order valence-electron chi connectivity index (χ2n) is 5.81. The number of hydrogen-bond donors (Lipinski definition) is 3. The maximum atomic E-state index is 12.3. The van der Waals surface area contributed by atoms with Gasteiger partial charge in [0.25, 0.3) is 11.6 Å². The van der Waals surface area contributed by atoms with Crippen LogP contribution >= 0.6 is 23.2 Å². The van der Waals surface area contributed by atoms with Crippen molar-refractivity contribution in [1.29, 1.82) is 0 Å². The van der Waals surface area contributed by atoms with Gasteiger partial charge < -0.3 is 5.32 Å². The Morgan fingerprint density at radius 1 is 0.968 bits per heavy atom. The van der Waals surface area contributed by atoms with Gasteiger partial charge in [-0.05, 0) is 30.3 Å². The first kappa shape index (κ1) is 21.7. The third-order valence-electron chi connectivity index (χ3n) is 3.79. The molecule has 158 valence electrons. The van der Waals surface area contributed by atoms with Crippen molar-refractivity contribution in [3.8, 4) is 0 Å². The maximum absolute atomic E-state index is 12.3. The minimum absolute atomic E-state index is 0.0995. The maximum Gasteiger partial charge on any atom is 0.355 e. The summed E-state index contributed by atoms with van der Waals surface area (Å²) in [4.78, 5) is 41.0. The molecular weight excluding hydrogens is 453 g/mol. The van der Waals surface area contributed by atoms with Gasteiger partial charge in [0.15, 0.2) is 0 Å². The molecule has 2 aromatic carbocycles. The number of nitrogens with zero attached hydrogens (tertiary/aromatic N) is 4. The number of carbonyl (C=O) groups excluding carboxylic acids is 1. The number of carbonyl (C=O) groups is 1. The zero-order chi connectivity index (χ0) is 22.5. The SMILES string of the molecule is O=C(NNc1ncnc(Nc2cccc(Cl)c2)c1[N+](=O)[O-])c1ccc(Cl)c([N+](=O)[O-])c1.